The molecule has 1 aromatic rings. The molecule has 1 saturated carbocycles. The molecule has 4 atom stereocenters. The topological polar surface area (TPSA) is 57.5 Å². The van der Waals surface area contributed by atoms with Crippen molar-refractivity contribution >= 4 is 5.97 Å². The highest BCUT2D eigenvalue weighted by Crippen LogP contribution is 2.43. The minimum atomic E-state index is -0.778. The van der Waals surface area contributed by atoms with Crippen LogP contribution < -0.4 is 0 Å². The Bertz CT molecular complexity index is 478. The summed E-state index contributed by atoms with van der Waals surface area (Å²) in [7, 11) is 0. The van der Waals surface area contributed by atoms with Crippen molar-refractivity contribution in [2.45, 2.75) is 46.1 Å². The second-order valence-corrected chi connectivity index (χ2v) is 6.97. The molecule has 2 N–H and O–H groups in total. The van der Waals surface area contributed by atoms with Crippen LogP contribution in [-0.2, 0) is 11.2 Å². The first-order chi connectivity index (χ1) is 9.88. The van der Waals surface area contributed by atoms with E-state index in [1.165, 1.54) is 5.56 Å². The van der Waals surface area contributed by atoms with Gasteiger partial charge in [-0.25, -0.2) is 0 Å². The van der Waals surface area contributed by atoms with Gasteiger partial charge in [-0.05, 0) is 42.2 Å². The molecule has 1 aromatic carbocycles. The van der Waals surface area contributed by atoms with Gasteiger partial charge in [-0.15, -0.1) is 0 Å². The van der Waals surface area contributed by atoms with Crippen LogP contribution in [-0.4, -0.2) is 16.2 Å². The zero-order chi connectivity index (χ0) is 15.6. The molecule has 0 heterocycles. The predicted octanol–water partition coefficient (Wildman–Crippen LogP) is 3.67. The van der Waals surface area contributed by atoms with Crippen LogP contribution in [0, 0.1) is 23.7 Å². The van der Waals surface area contributed by atoms with E-state index in [0.717, 1.165) is 18.4 Å². The van der Waals surface area contributed by atoms with Crippen LogP contribution in [0.25, 0.3) is 0 Å². The Balaban J connectivity index is 2.11. The van der Waals surface area contributed by atoms with Gasteiger partial charge in [0.2, 0.25) is 0 Å². The number of carboxylic acid groups (broad SMARTS) is 1. The Morgan fingerprint density at radius 3 is 2.38 bits per heavy atom. The number of carbonyl (C=O) groups is 1. The number of benzene rings is 1. The molecule has 116 valence electrons. The van der Waals surface area contributed by atoms with Crippen molar-refractivity contribution in [2.24, 2.45) is 23.7 Å². The third-order valence-corrected chi connectivity index (χ3v) is 4.54. The number of hydrogen-bond donors (Lipinski definition) is 2. The van der Waals surface area contributed by atoms with Crippen molar-refractivity contribution in [1.82, 2.24) is 0 Å². The fourth-order valence-corrected chi connectivity index (χ4v) is 3.54. The maximum Gasteiger partial charge on any atom is 0.306 e. The first-order valence-electron chi connectivity index (χ1n) is 7.88. The standard InChI is InChI=1S/C18H26O3/c1-11(2)8-13-4-6-14(7-5-13)17(19)15-9-12(3)10-16(15)18(20)21/h4-7,11-12,15-17,19H,8-10H2,1-3H3,(H,20,21). The van der Waals surface area contributed by atoms with Gasteiger partial charge in [0.05, 0.1) is 12.0 Å². The van der Waals surface area contributed by atoms with E-state index in [9.17, 15) is 15.0 Å². The Morgan fingerprint density at radius 1 is 1.24 bits per heavy atom. The number of aliphatic carboxylic acids is 1. The second kappa shape index (κ2) is 6.61. The van der Waals surface area contributed by atoms with E-state index in [0.29, 0.717) is 18.3 Å². The molecule has 1 fully saturated rings. The maximum atomic E-state index is 11.4. The molecule has 3 nitrogen and oxygen atoms in total. The zero-order valence-electron chi connectivity index (χ0n) is 13.1. The Hall–Kier alpha value is -1.35. The normalized spacial score (nSPS) is 27.0. The van der Waals surface area contributed by atoms with Gasteiger partial charge in [-0.3, -0.25) is 4.79 Å². The summed E-state index contributed by atoms with van der Waals surface area (Å²) in [6.07, 6.45) is 1.80. The SMILES string of the molecule is CC(C)Cc1ccc(C(O)C2CC(C)CC2C(=O)O)cc1. The van der Waals surface area contributed by atoms with Crippen LogP contribution in [0.5, 0.6) is 0 Å². The summed E-state index contributed by atoms with van der Waals surface area (Å²) in [6, 6.07) is 7.99. The van der Waals surface area contributed by atoms with E-state index in [-0.39, 0.29) is 5.92 Å². The quantitative estimate of drug-likeness (QED) is 0.870. The summed E-state index contributed by atoms with van der Waals surface area (Å²) >= 11 is 0. The molecule has 0 radical (unpaired) electrons. The van der Waals surface area contributed by atoms with Crippen LogP contribution in [0.1, 0.15) is 50.8 Å². The van der Waals surface area contributed by atoms with Crippen LogP contribution >= 0.6 is 0 Å². The minimum absolute atomic E-state index is 0.173. The summed E-state index contributed by atoms with van der Waals surface area (Å²) in [5.74, 6) is -0.405. The van der Waals surface area contributed by atoms with E-state index in [1.807, 2.05) is 24.3 Å². The smallest absolute Gasteiger partial charge is 0.306 e. The molecule has 0 aliphatic heterocycles. The van der Waals surface area contributed by atoms with E-state index in [2.05, 4.69) is 20.8 Å². The molecule has 1 aliphatic rings. The van der Waals surface area contributed by atoms with Crippen LogP contribution in [0.4, 0.5) is 0 Å². The van der Waals surface area contributed by atoms with Gasteiger partial charge in [-0.1, -0.05) is 45.0 Å². The summed E-state index contributed by atoms with van der Waals surface area (Å²) in [5.41, 5.74) is 2.10. The lowest BCUT2D eigenvalue weighted by Crippen LogP contribution is -2.23. The first kappa shape index (κ1) is 16.0. The zero-order valence-corrected chi connectivity index (χ0v) is 13.1. The maximum absolute atomic E-state index is 11.4. The van der Waals surface area contributed by atoms with Crippen LogP contribution in [0.3, 0.4) is 0 Å². The molecule has 4 unspecified atom stereocenters. The lowest BCUT2D eigenvalue weighted by molar-refractivity contribution is -0.144. The summed E-state index contributed by atoms with van der Waals surface area (Å²) in [4.78, 5) is 11.4. The molecule has 0 bridgehead atoms. The number of hydrogen-bond acceptors (Lipinski definition) is 2. The van der Waals surface area contributed by atoms with Crippen LogP contribution in [0.15, 0.2) is 24.3 Å². The number of rotatable bonds is 5. The monoisotopic (exact) mass is 290 g/mol. The highest BCUT2D eigenvalue weighted by molar-refractivity contribution is 5.71. The highest BCUT2D eigenvalue weighted by Gasteiger charge is 2.41. The van der Waals surface area contributed by atoms with E-state index in [4.69, 9.17) is 0 Å². The summed E-state index contributed by atoms with van der Waals surface area (Å²) < 4.78 is 0. The molecule has 3 heteroatoms. The van der Waals surface area contributed by atoms with Gasteiger partial charge in [-0.2, -0.15) is 0 Å². The van der Waals surface area contributed by atoms with Crippen molar-refractivity contribution in [3.8, 4) is 0 Å². The van der Waals surface area contributed by atoms with Crippen molar-refractivity contribution in [2.75, 3.05) is 0 Å². The third kappa shape index (κ3) is 3.85. The lowest BCUT2D eigenvalue weighted by Gasteiger charge is -2.22. The Morgan fingerprint density at radius 2 is 1.86 bits per heavy atom. The van der Waals surface area contributed by atoms with Gasteiger partial charge >= 0.3 is 5.97 Å². The van der Waals surface area contributed by atoms with Gasteiger partial charge < -0.3 is 10.2 Å². The molecular weight excluding hydrogens is 264 g/mol. The first-order valence-corrected chi connectivity index (χ1v) is 7.88. The Labute approximate surface area is 127 Å². The molecule has 0 saturated heterocycles. The van der Waals surface area contributed by atoms with Crippen molar-refractivity contribution in [1.29, 1.82) is 0 Å². The van der Waals surface area contributed by atoms with Crippen molar-refractivity contribution in [3.05, 3.63) is 35.4 Å². The van der Waals surface area contributed by atoms with E-state index < -0.39 is 18.0 Å². The summed E-state index contributed by atoms with van der Waals surface area (Å²) in [6.45, 7) is 6.43. The average Bonchev–Trinajstić information content (AvgIpc) is 2.80. The van der Waals surface area contributed by atoms with Gasteiger partial charge in [0.1, 0.15) is 0 Å². The third-order valence-electron chi connectivity index (χ3n) is 4.54. The minimum Gasteiger partial charge on any atom is -0.481 e. The number of aliphatic hydroxyl groups excluding tert-OH is 1. The van der Waals surface area contributed by atoms with Gasteiger partial charge in [0, 0.05) is 5.92 Å². The number of aliphatic hydroxyl groups is 1. The Kier molecular flexibility index (Phi) is 5.04. The largest absolute Gasteiger partial charge is 0.481 e. The molecule has 2 rings (SSSR count). The van der Waals surface area contributed by atoms with Gasteiger partial charge in [0.15, 0.2) is 0 Å². The van der Waals surface area contributed by atoms with Gasteiger partial charge in [0.25, 0.3) is 0 Å². The lowest BCUT2D eigenvalue weighted by atomic mass is 9.86. The van der Waals surface area contributed by atoms with Crippen molar-refractivity contribution in [3.63, 3.8) is 0 Å². The molecular formula is C18H26O3. The highest BCUT2D eigenvalue weighted by atomic mass is 16.4. The van der Waals surface area contributed by atoms with Crippen molar-refractivity contribution < 1.29 is 15.0 Å². The fourth-order valence-electron chi connectivity index (χ4n) is 3.54. The predicted molar refractivity (Wildman–Crippen MR) is 83.0 cm³/mol. The van der Waals surface area contributed by atoms with Crippen LogP contribution in [0.2, 0.25) is 0 Å². The van der Waals surface area contributed by atoms with E-state index >= 15 is 0 Å². The molecule has 21 heavy (non-hydrogen) atoms. The molecule has 1 aliphatic carbocycles. The average molecular weight is 290 g/mol. The fraction of sp³-hybridized carbons (Fsp3) is 0.611. The molecule has 0 spiro atoms. The summed E-state index contributed by atoms with van der Waals surface area (Å²) in [5, 5.41) is 19.9. The van der Waals surface area contributed by atoms with E-state index in [1.54, 1.807) is 0 Å². The number of carboxylic acids is 1. The molecule has 0 amide bonds. The molecule has 0 aromatic heterocycles. The second-order valence-electron chi connectivity index (χ2n) is 6.97.